The van der Waals surface area contributed by atoms with E-state index in [4.69, 9.17) is 9.52 Å². The maximum absolute atomic E-state index is 12.2. The summed E-state index contributed by atoms with van der Waals surface area (Å²) in [5.41, 5.74) is 0.550. The van der Waals surface area contributed by atoms with Crippen LogP contribution >= 0.6 is 0 Å². The lowest BCUT2D eigenvalue weighted by molar-refractivity contribution is -0.139. The lowest BCUT2D eigenvalue weighted by atomic mass is 9.90. The highest BCUT2D eigenvalue weighted by molar-refractivity contribution is 5.94. The summed E-state index contributed by atoms with van der Waals surface area (Å²) < 4.78 is 5.15. The van der Waals surface area contributed by atoms with Crippen molar-refractivity contribution < 1.29 is 19.1 Å². The van der Waals surface area contributed by atoms with Crippen molar-refractivity contribution in [1.82, 2.24) is 4.90 Å². The Morgan fingerprint density at radius 3 is 2.58 bits per heavy atom. The number of furan rings is 1. The first-order valence-corrected chi connectivity index (χ1v) is 6.59. The Hall–Kier alpha value is -1.78. The summed E-state index contributed by atoms with van der Waals surface area (Å²) in [6, 6.07) is 1.74. The minimum atomic E-state index is -0.690. The second-order valence-corrected chi connectivity index (χ2v) is 5.70. The van der Waals surface area contributed by atoms with Crippen molar-refractivity contribution >= 4 is 11.9 Å². The molecule has 2 aliphatic rings. The Bertz CT molecular complexity index is 525. The van der Waals surface area contributed by atoms with Crippen LogP contribution in [-0.2, 0) is 4.79 Å². The third-order valence-corrected chi connectivity index (χ3v) is 4.51. The lowest BCUT2D eigenvalue weighted by Gasteiger charge is -2.32. The van der Waals surface area contributed by atoms with E-state index in [1.807, 2.05) is 6.92 Å². The Morgan fingerprint density at radius 2 is 2.11 bits per heavy atom. The molecular weight excluding hydrogens is 246 g/mol. The van der Waals surface area contributed by atoms with Crippen molar-refractivity contribution in [2.45, 2.75) is 26.2 Å². The Labute approximate surface area is 111 Å². The van der Waals surface area contributed by atoms with Gasteiger partial charge in [-0.15, -0.1) is 0 Å². The number of aryl methyl sites for hydroxylation is 1. The van der Waals surface area contributed by atoms with Gasteiger partial charge in [-0.3, -0.25) is 9.59 Å². The van der Waals surface area contributed by atoms with Crippen LogP contribution in [0.5, 0.6) is 0 Å². The molecule has 0 unspecified atom stereocenters. The highest BCUT2D eigenvalue weighted by Crippen LogP contribution is 2.59. The minimum Gasteiger partial charge on any atom is -0.481 e. The molecule has 1 N–H and O–H groups in total. The first-order valence-electron chi connectivity index (χ1n) is 6.59. The van der Waals surface area contributed by atoms with E-state index < -0.39 is 5.97 Å². The SMILES string of the molecule is Cc1cc(C(=O)N2CCC3(CC2)C[C@H]3C(=O)O)co1. The number of likely N-dealkylation sites (tertiary alicyclic amines) is 1. The molecule has 0 radical (unpaired) electrons. The molecule has 1 spiro atoms. The summed E-state index contributed by atoms with van der Waals surface area (Å²) in [7, 11) is 0. The first kappa shape index (κ1) is 12.3. The molecular formula is C14H17NO4. The standard InChI is InChI=1S/C14H17NO4/c1-9-6-10(8-19-9)12(16)15-4-2-14(3-5-15)7-11(14)13(17)18/h6,8,11H,2-5,7H2,1H3,(H,17,18)/t11-/m0/s1. The summed E-state index contributed by atoms with van der Waals surface area (Å²) in [4.78, 5) is 25.0. The molecule has 0 aromatic carbocycles. The Kier molecular flexibility index (Phi) is 2.66. The number of carboxylic acid groups (broad SMARTS) is 1. The summed E-state index contributed by atoms with van der Waals surface area (Å²) in [6.45, 7) is 3.10. The van der Waals surface area contributed by atoms with Crippen LogP contribution in [0.15, 0.2) is 16.7 Å². The van der Waals surface area contributed by atoms with E-state index in [0.717, 1.165) is 25.0 Å². The zero-order valence-corrected chi connectivity index (χ0v) is 10.9. The van der Waals surface area contributed by atoms with Crippen molar-refractivity contribution in [3.63, 3.8) is 0 Å². The molecule has 2 fully saturated rings. The van der Waals surface area contributed by atoms with Gasteiger partial charge in [0, 0.05) is 13.1 Å². The van der Waals surface area contributed by atoms with Gasteiger partial charge in [-0.2, -0.15) is 0 Å². The van der Waals surface area contributed by atoms with Crippen LogP contribution in [0.3, 0.4) is 0 Å². The fraction of sp³-hybridized carbons (Fsp3) is 0.571. The third kappa shape index (κ3) is 2.03. The number of nitrogens with zero attached hydrogens (tertiary/aromatic N) is 1. The van der Waals surface area contributed by atoms with Crippen LogP contribution in [0.1, 0.15) is 35.4 Å². The molecule has 0 bridgehead atoms. The number of hydrogen-bond donors (Lipinski definition) is 1. The zero-order valence-electron chi connectivity index (χ0n) is 10.9. The van der Waals surface area contributed by atoms with Crippen molar-refractivity contribution in [1.29, 1.82) is 0 Å². The molecule has 1 aromatic heterocycles. The molecule has 1 aromatic rings. The summed E-state index contributed by atoms with van der Waals surface area (Å²) in [5, 5.41) is 9.03. The quantitative estimate of drug-likeness (QED) is 0.884. The average Bonchev–Trinajstić information content (AvgIpc) is 2.91. The monoisotopic (exact) mass is 263 g/mol. The van der Waals surface area contributed by atoms with Crippen LogP contribution in [0.4, 0.5) is 0 Å². The maximum atomic E-state index is 12.2. The number of carboxylic acids is 1. The molecule has 3 rings (SSSR count). The smallest absolute Gasteiger partial charge is 0.307 e. The molecule has 5 heteroatoms. The van der Waals surface area contributed by atoms with Gasteiger partial charge in [0.25, 0.3) is 5.91 Å². The van der Waals surface area contributed by atoms with Gasteiger partial charge in [0.15, 0.2) is 0 Å². The Balaban J connectivity index is 1.62. The molecule has 1 atom stereocenters. The van der Waals surface area contributed by atoms with E-state index in [1.165, 1.54) is 6.26 Å². The second-order valence-electron chi connectivity index (χ2n) is 5.70. The molecule has 1 aliphatic carbocycles. The predicted octanol–water partition coefficient (Wildman–Crippen LogP) is 1.91. The number of hydrogen-bond acceptors (Lipinski definition) is 3. The molecule has 1 aliphatic heterocycles. The Morgan fingerprint density at radius 1 is 1.42 bits per heavy atom. The van der Waals surface area contributed by atoms with E-state index in [9.17, 15) is 9.59 Å². The predicted molar refractivity (Wildman–Crippen MR) is 66.8 cm³/mol. The van der Waals surface area contributed by atoms with Crippen LogP contribution in [0.2, 0.25) is 0 Å². The third-order valence-electron chi connectivity index (χ3n) is 4.51. The molecule has 1 saturated carbocycles. The van der Waals surface area contributed by atoms with E-state index in [2.05, 4.69) is 0 Å². The molecule has 5 nitrogen and oxygen atoms in total. The van der Waals surface area contributed by atoms with Crippen molar-refractivity contribution in [2.24, 2.45) is 11.3 Å². The van der Waals surface area contributed by atoms with Gasteiger partial charge in [0.05, 0.1) is 11.5 Å². The van der Waals surface area contributed by atoms with Crippen LogP contribution in [0.25, 0.3) is 0 Å². The molecule has 102 valence electrons. The largest absolute Gasteiger partial charge is 0.481 e. The number of piperidine rings is 1. The fourth-order valence-corrected chi connectivity index (χ4v) is 3.14. The summed E-state index contributed by atoms with van der Waals surface area (Å²) in [5.74, 6) is -0.171. The van der Waals surface area contributed by atoms with Crippen molar-refractivity contribution in [2.75, 3.05) is 13.1 Å². The fourth-order valence-electron chi connectivity index (χ4n) is 3.14. The van der Waals surface area contributed by atoms with Gasteiger partial charge in [0.2, 0.25) is 0 Å². The van der Waals surface area contributed by atoms with Crippen LogP contribution < -0.4 is 0 Å². The normalized spacial score (nSPS) is 24.5. The summed E-state index contributed by atoms with van der Waals surface area (Å²) in [6.07, 6.45) is 3.85. The van der Waals surface area contributed by atoms with E-state index in [0.29, 0.717) is 18.7 Å². The zero-order chi connectivity index (χ0) is 13.6. The summed E-state index contributed by atoms with van der Waals surface area (Å²) >= 11 is 0. The van der Waals surface area contributed by atoms with Gasteiger partial charge in [-0.05, 0) is 37.7 Å². The van der Waals surface area contributed by atoms with Gasteiger partial charge in [0.1, 0.15) is 12.0 Å². The van der Waals surface area contributed by atoms with E-state index >= 15 is 0 Å². The van der Waals surface area contributed by atoms with Gasteiger partial charge >= 0.3 is 5.97 Å². The highest BCUT2D eigenvalue weighted by Gasteiger charge is 2.59. The van der Waals surface area contributed by atoms with Crippen LogP contribution in [-0.4, -0.2) is 35.0 Å². The number of amides is 1. The molecule has 1 saturated heterocycles. The number of carbonyl (C=O) groups is 2. The number of rotatable bonds is 2. The average molecular weight is 263 g/mol. The second kappa shape index (κ2) is 4.11. The maximum Gasteiger partial charge on any atom is 0.307 e. The topological polar surface area (TPSA) is 70.8 Å². The molecule has 2 heterocycles. The molecule has 1 amide bonds. The van der Waals surface area contributed by atoms with E-state index in [1.54, 1.807) is 11.0 Å². The number of aliphatic carboxylic acids is 1. The molecule has 19 heavy (non-hydrogen) atoms. The van der Waals surface area contributed by atoms with Crippen molar-refractivity contribution in [3.05, 3.63) is 23.7 Å². The van der Waals surface area contributed by atoms with E-state index in [-0.39, 0.29) is 17.2 Å². The van der Waals surface area contributed by atoms with Gasteiger partial charge in [-0.25, -0.2) is 0 Å². The van der Waals surface area contributed by atoms with Crippen molar-refractivity contribution in [3.8, 4) is 0 Å². The van der Waals surface area contributed by atoms with Gasteiger partial charge in [-0.1, -0.05) is 0 Å². The lowest BCUT2D eigenvalue weighted by Crippen LogP contribution is -2.39. The highest BCUT2D eigenvalue weighted by atomic mass is 16.4. The van der Waals surface area contributed by atoms with Crippen LogP contribution in [0, 0.1) is 18.3 Å². The number of carbonyl (C=O) groups excluding carboxylic acids is 1. The first-order chi connectivity index (χ1) is 9.02. The van der Waals surface area contributed by atoms with Gasteiger partial charge < -0.3 is 14.4 Å². The minimum absolute atomic E-state index is 0.0146.